The van der Waals surface area contributed by atoms with Crippen LogP contribution >= 0.6 is 0 Å². The number of aromatic nitrogens is 3. The molecule has 0 bridgehead atoms. The minimum atomic E-state index is -0.250. The number of benzene rings is 1. The van der Waals surface area contributed by atoms with Crippen LogP contribution in [0.25, 0.3) is 16.7 Å². The van der Waals surface area contributed by atoms with Crippen LogP contribution in [0.5, 0.6) is 0 Å². The second-order valence-corrected chi connectivity index (χ2v) is 7.62. The summed E-state index contributed by atoms with van der Waals surface area (Å²) in [6, 6.07) is 12.5. The fourth-order valence-corrected chi connectivity index (χ4v) is 4.14. The Kier molecular flexibility index (Phi) is 5.76. The van der Waals surface area contributed by atoms with E-state index in [4.69, 9.17) is 24.7 Å². The average Bonchev–Trinajstić information content (AvgIpc) is 3.04. The lowest BCUT2D eigenvalue weighted by Gasteiger charge is -2.41. The molecule has 2 aliphatic rings. The Morgan fingerprint density at radius 3 is 2.55 bits per heavy atom. The van der Waals surface area contributed by atoms with Crippen LogP contribution in [0.1, 0.15) is 30.9 Å². The number of anilines is 1. The Morgan fingerprint density at radius 2 is 1.93 bits per heavy atom. The largest absolute Gasteiger partial charge is 0.483 e. The molecular formula is C22H26N4O3. The van der Waals surface area contributed by atoms with Crippen molar-refractivity contribution in [2.24, 2.45) is 5.92 Å². The number of methoxy groups -OCH3 is 1. The molecule has 7 heteroatoms. The van der Waals surface area contributed by atoms with Crippen LogP contribution in [-0.4, -0.2) is 53.1 Å². The van der Waals surface area contributed by atoms with Gasteiger partial charge in [-0.25, -0.2) is 9.67 Å². The highest BCUT2D eigenvalue weighted by molar-refractivity contribution is 5.93. The lowest BCUT2D eigenvalue weighted by molar-refractivity contribution is -0.122. The molecule has 3 heterocycles. The van der Waals surface area contributed by atoms with Gasteiger partial charge < -0.3 is 14.7 Å². The molecule has 2 aromatic heterocycles. The number of hydrogen-bond acceptors (Lipinski definition) is 5. The molecule has 29 heavy (non-hydrogen) atoms. The van der Waals surface area contributed by atoms with Crippen molar-refractivity contribution in [3.8, 4) is 5.69 Å². The van der Waals surface area contributed by atoms with Crippen LogP contribution in [0.3, 0.4) is 0 Å². The zero-order valence-electron chi connectivity index (χ0n) is 16.6. The second kappa shape index (κ2) is 8.61. The molecule has 1 N–H and O–H groups in total. The maximum Gasteiger partial charge on any atom is 0.290 e. The van der Waals surface area contributed by atoms with Gasteiger partial charge in [-0.15, -0.1) is 0 Å². The van der Waals surface area contributed by atoms with Crippen molar-refractivity contribution < 1.29 is 14.6 Å². The van der Waals surface area contributed by atoms with Crippen LogP contribution in [0, 0.1) is 5.92 Å². The minimum absolute atomic E-state index is 0.250. The molecule has 0 spiro atoms. The monoisotopic (exact) mass is 394 g/mol. The van der Waals surface area contributed by atoms with Crippen molar-refractivity contribution in [1.29, 1.82) is 0 Å². The first-order valence-electron chi connectivity index (χ1n) is 10.0. The fraction of sp³-hybridized carbons (Fsp3) is 0.409. The average molecular weight is 394 g/mol. The number of pyridine rings is 1. The van der Waals surface area contributed by atoms with E-state index in [9.17, 15) is 0 Å². The number of carboxylic acid groups (broad SMARTS) is 1. The van der Waals surface area contributed by atoms with Gasteiger partial charge in [-0.1, -0.05) is 24.6 Å². The van der Waals surface area contributed by atoms with Crippen molar-refractivity contribution >= 4 is 23.2 Å². The number of carbonyl (C=O) groups is 1. The number of fused-ring (bicyclic) bond motifs is 1. The lowest BCUT2D eigenvalue weighted by atomic mass is 9.81. The molecule has 1 saturated carbocycles. The summed E-state index contributed by atoms with van der Waals surface area (Å²) >= 11 is 0. The Hall–Kier alpha value is -2.93. The molecule has 7 nitrogen and oxygen atoms in total. The smallest absolute Gasteiger partial charge is 0.290 e. The van der Waals surface area contributed by atoms with Crippen molar-refractivity contribution in [2.75, 3.05) is 31.7 Å². The van der Waals surface area contributed by atoms with E-state index in [1.54, 1.807) is 7.11 Å². The Morgan fingerprint density at radius 1 is 1.21 bits per heavy atom. The van der Waals surface area contributed by atoms with E-state index in [2.05, 4.69) is 35.2 Å². The van der Waals surface area contributed by atoms with Gasteiger partial charge in [-0.05, 0) is 31.0 Å². The molecule has 0 atom stereocenters. The summed E-state index contributed by atoms with van der Waals surface area (Å²) in [5.41, 5.74) is 4.57. The second-order valence-electron chi connectivity index (χ2n) is 7.62. The van der Waals surface area contributed by atoms with Crippen molar-refractivity contribution in [2.45, 2.75) is 25.2 Å². The number of para-hydroxylation sites is 1. The van der Waals surface area contributed by atoms with E-state index >= 15 is 0 Å². The Balaban J connectivity index is 0.000000645. The Labute approximate surface area is 169 Å². The third-order valence-electron chi connectivity index (χ3n) is 5.77. The summed E-state index contributed by atoms with van der Waals surface area (Å²) in [6.45, 7) is 2.69. The van der Waals surface area contributed by atoms with Gasteiger partial charge in [0.15, 0.2) is 5.65 Å². The van der Waals surface area contributed by atoms with Gasteiger partial charge in [-0.2, -0.15) is 5.10 Å². The van der Waals surface area contributed by atoms with Crippen LogP contribution < -0.4 is 4.90 Å². The highest BCUT2D eigenvalue weighted by atomic mass is 16.5. The molecule has 0 unspecified atom stereocenters. The number of hydrogen-bond donors (Lipinski definition) is 1. The van der Waals surface area contributed by atoms with Gasteiger partial charge >= 0.3 is 0 Å². The third kappa shape index (κ3) is 3.70. The highest BCUT2D eigenvalue weighted by Crippen LogP contribution is 2.43. The molecule has 1 aliphatic heterocycles. The first-order valence-corrected chi connectivity index (χ1v) is 10.0. The minimum Gasteiger partial charge on any atom is -0.483 e. The maximum absolute atomic E-state index is 8.36. The number of rotatable bonds is 5. The van der Waals surface area contributed by atoms with E-state index in [0.29, 0.717) is 11.8 Å². The van der Waals surface area contributed by atoms with Gasteiger partial charge in [0.25, 0.3) is 6.47 Å². The topological polar surface area (TPSA) is 80.5 Å². The van der Waals surface area contributed by atoms with Gasteiger partial charge in [0, 0.05) is 38.2 Å². The van der Waals surface area contributed by atoms with Gasteiger partial charge in [0.1, 0.15) is 0 Å². The zero-order valence-corrected chi connectivity index (χ0v) is 16.6. The first kappa shape index (κ1) is 19.4. The van der Waals surface area contributed by atoms with Gasteiger partial charge in [-0.3, -0.25) is 4.79 Å². The number of nitrogens with zero attached hydrogens (tertiary/aromatic N) is 4. The van der Waals surface area contributed by atoms with Crippen LogP contribution in [0.2, 0.25) is 0 Å². The summed E-state index contributed by atoms with van der Waals surface area (Å²) < 4.78 is 7.34. The first-order chi connectivity index (χ1) is 14.3. The molecule has 3 aromatic rings. The van der Waals surface area contributed by atoms with Gasteiger partial charge in [0.05, 0.1) is 29.1 Å². The summed E-state index contributed by atoms with van der Waals surface area (Å²) in [5.74, 6) is 1.20. The van der Waals surface area contributed by atoms with E-state index in [0.717, 1.165) is 31.0 Å². The maximum atomic E-state index is 8.36. The summed E-state index contributed by atoms with van der Waals surface area (Å²) in [4.78, 5) is 15.5. The summed E-state index contributed by atoms with van der Waals surface area (Å²) in [6.07, 6.45) is 5.70. The molecule has 2 fully saturated rings. The predicted octanol–water partition coefficient (Wildman–Crippen LogP) is 3.47. The quantitative estimate of drug-likeness (QED) is 0.668. The Bertz CT molecular complexity index is 963. The SMILES string of the molecule is COCC1CN(c2ccnc3c2c(C2CCC2)nn3-c2ccccc2)C1.O=CO. The van der Waals surface area contributed by atoms with Crippen LogP contribution in [0.4, 0.5) is 5.69 Å². The van der Waals surface area contributed by atoms with E-state index in [1.807, 2.05) is 16.9 Å². The molecule has 1 aliphatic carbocycles. The predicted molar refractivity (Wildman–Crippen MR) is 112 cm³/mol. The van der Waals surface area contributed by atoms with Gasteiger partial charge in [0.2, 0.25) is 0 Å². The van der Waals surface area contributed by atoms with E-state index in [1.165, 1.54) is 36.0 Å². The van der Waals surface area contributed by atoms with Crippen LogP contribution in [-0.2, 0) is 9.53 Å². The molecule has 152 valence electrons. The molecule has 1 aromatic carbocycles. The molecular weight excluding hydrogens is 368 g/mol. The van der Waals surface area contributed by atoms with Crippen LogP contribution in [0.15, 0.2) is 42.6 Å². The molecule has 1 saturated heterocycles. The highest BCUT2D eigenvalue weighted by Gasteiger charge is 2.32. The third-order valence-corrected chi connectivity index (χ3v) is 5.77. The zero-order chi connectivity index (χ0) is 20.2. The normalized spacial score (nSPS) is 16.7. The molecule has 0 amide bonds. The number of ether oxygens (including phenoxy) is 1. The summed E-state index contributed by atoms with van der Waals surface area (Å²) in [7, 11) is 1.78. The van der Waals surface area contributed by atoms with Crippen molar-refractivity contribution in [3.63, 3.8) is 0 Å². The van der Waals surface area contributed by atoms with Crippen molar-refractivity contribution in [1.82, 2.24) is 14.8 Å². The fourth-order valence-electron chi connectivity index (χ4n) is 4.14. The standard InChI is InChI=1S/C21H24N4O.CH2O2/c1-26-14-15-12-24(13-15)18-10-11-22-21-19(18)20(16-6-5-7-16)23-25(21)17-8-3-2-4-9-17;2-1-3/h2-4,8-11,15-16H,5-7,12-14H2,1H3;1H,(H,2,3). The molecule has 0 radical (unpaired) electrons. The van der Waals surface area contributed by atoms with E-state index < -0.39 is 0 Å². The lowest BCUT2D eigenvalue weighted by Crippen LogP contribution is -2.48. The molecule has 5 rings (SSSR count). The van der Waals surface area contributed by atoms with Crippen molar-refractivity contribution in [3.05, 3.63) is 48.3 Å². The van der Waals surface area contributed by atoms with E-state index in [-0.39, 0.29) is 6.47 Å². The summed E-state index contributed by atoms with van der Waals surface area (Å²) in [5, 5.41) is 13.2.